The minimum Gasteiger partial charge on any atom is -0.492 e. The van der Waals surface area contributed by atoms with E-state index in [0.717, 1.165) is 30.9 Å². The Balaban J connectivity index is 1.75. The lowest BCUT2D eigenvalue weighted by molar-refractivity contribution is -0.00788. The van der Waals surface area contributed by atoms with E-state index in [9.17, 15) is 0 Å². The van der Waals surface area contributed by atoms with Crippen molar-refractivity contribution in [2.24, 2.45) is 11.7 Å². The predicted molar refractivity (Wildman–Crippen MR) is 84.0 cm³/mol. The third-order valence-corrected chi connectivity index (χ3v) is 4.12. The van der Waals surface area contributed by atoms with E-state index in [1.807, 2.05) is 12.1 Å². The largest absolute Gasteiger partial charge is 0.492 e. The van der Waals surface area contributed by atoms with Gasteiger partial charge in [0.25, 0.3) is 0 Å². The van der Waals surface area contributed by atoms with E-state index in [4.69, 9.17) is 20.6 Å². The standard InChI is InChI=1S/C16H25N3O2/c1-12-7-8-19(11-15(12)20-2)9-10-21-14-5-3-13(4-6-14)16(17)18/h3-6,12,15H,7-11H2,1-2H3,(H3,17,18). The Morgan fingerprint density at radius 1 is 1.38 bits per heavy atom. The number of piperidine rings is 1. The molecule has 1 aromatic carbocycles. The maximum Gasteiger partial charge on any atom is 0.122 e. The molecule has 1 heterocycles. The van der Waals surface area contributed by atoms with Crippen molar-refractivity contribution in [2.75, 3.05) is 33.4 Å². The highest BCUT2D eigenvalue weighted by Gasteiger charge is 2.25. The number of nitrogens with two attached hydrogens (primary N) is 1. The molecule has 2 atom stereocenters. The van der Waals surface area contributed by atoms with Crippen LogP contribution in [0.15, 0.2) is 24.3 Å². The highest BCUT2D eigenvalue weighted by Crippen LogP contribution is 2.19. The molecule has 2 rings (SSSR count). The van der Waals surface area contributed by atoms with Gasteiger partial charge in [-0.1, -0.05) is 6.92 Å². The average Bonchev–Trinajstić information content (AvgIpc) is 2.49. The normalized spacial score (nSPS) is 23.0. The summed E-state index contributed by atoms with van der Waals surface area (Å²) in [7, 11) is 1.79. The quantitative estimate of drug-likeness (QED) is 0.618. The van der Waals surface area contributed by atoms with Gasteiger partial charge in [0.2, 0.25) is 0 Å². The molecule has 5 nitrogen and oxygen atoms in total. The molecular formula is C16H25N3O2. The summed E-state index contributed by atoms with van der Waals surface area (Å²) < 4.78 is 11.3. The van der Waals surface area contributed by atoms with Gasteiger partial charge >= 0.3 is 0 Å². The second-order valence-electron chi connectivity index (χ2n) is 5.63. The third kappa shape index (κ3) is 4.44. The highest BCUT2D eigenvalue weighted by molar-refractivity contribution is 5.94. The van der Waals surface area contributed by atoms with Crippen molar-refractivity contribution in [3.05, 3.63) is 29.8 Å². The molecule has 0 saturated carbocycles. The summed E-state index contributed by atoms with van der Waals surface area (Å²) in [5.74, 6) is 1.52. The van der Waals surface area contributed by atoms with Crippen molar-refractivity contribution in [1.82, 2.24) is 4.90 Å². The van der Waals surface area contributed by atoms with Crippen molar-refractivity contribution in [3.8, 4) is 5.75 Å². The zero-order valence-electron chi connectivity index (χ0n) is 12.8. The fourth-order valence-corrected chi connectivity index (χ4v) is 2.63. The monoisotopic (exact) mass is 291 g/mol. The second kappa shape index (κ2) is 7.43. The molecule has 0 spiro atoms. The minimum absolute atomic E-state index is 0.0783. The van der Waals surface area contributed by atoms with Gasteiger partial charge < -0.3 is 15.2 Å². The first-order chi connectivity index (χ1) is 10.1. The lowest BCUT2D eigenvalue weighted by atomic mass is 9.96. The summed E-state index contributed by atoms with van der Waals surface area (Å²) in [6.45, 7) is 5.89. The van der Waals surface area contributed by atoms with E-state index in [0.29, 0.717) is 18.6 Å². The van der Waals surface area contributed by atoms with Crippen LogP contribution in [0.25, 0.3) is 0 Å². The van der Waals surface area contributed by atoms with E-state index in [2.05, 4.69) is 11.8 Å². The van der Waals surface area contributed by atoms with Crippen molar-refractivity contribution < 1.29 is 9.47 Å². The zero-order valence-corrected chi connectivity index (χ0v) is 12.8. The molecular weight excluding hydrogens is 266 g/mol. The summed E-state index contributed by atoms with van der Waals surface area (Å²) in [6.07, 6.45) is 1.50. The Labute approximate surface area is 126 Å². The number of rotatable bonds is 6. The molecule has 1 fully saturated rings. The Hall–Kier alpha value is -1.59. The van der Waals surface area contributed by atoms with Crippen LogP contribution >= 0.6 is 0 Å². The van der Waals surface area contributed by atoms with Crippen molar-refractivity contribution in [1.29, 1.82) is 5.41 Å². The maximum atomic E-state index is 7.35. The molecule has 0 bridgehead atoms. The predicted octanol–water partition coefficient (Wildman–Crippen LogP) is 1.71. The maximum absolute atomic E-state index is 7.35. The van der Waals surface area contributed by atoms with Gasteiger partial charge in [-0.3, -0.25) is 10.3 Å². The van der Waals surface area contributed by atoms with Crippen LogP contribution in [-0.4, -0.2) is 50.2 Å². The van der Waals surface area contributed by atoms with Gasteiger partial charge in [0, 0.05) is 25.8 Å². The summed E-state index contributed by atoms with van der Waals surface area (Å²) in [6, 6.07) is 7.32. The molecule has 0 aromatic heterocycles. The van der Waals surface area contributed by atoms with E-state index >= 15 is 0 Å². The first-order valence-electron chi connectivity index (χ1n) is 7.42. The lowest BCUT2D eigenvalue weighted by Gasteiger charge is -2.36. The molecule has 0 amide bonds. The smallest absolute Gasteiger partial charge is 0.122 e. The summed E-state index contributed by atoms with van der Waals surface area (Å²) in [5, 5.41) is 7.35. The van der Waals surface area contributed by atoms with Crippen LogP contribution in [0.1, 0.15) is 18.9 Å². The molecule has 1 aromatic rings. The van der Waals surface area contributed by atoms with Gasteiger partial charge in [0.05, 0.1) is 6.10 Å². The fraction of sp³-hybridized carbons (Fsp3) is 0.562. The van der Waals surface area contributed by atoms with E-state index in [1.54, 1.807) is 19.2 Å². The van der Waals surface area contributed by atoms with Crippen LogP contribution in [0.4, 0.5) is 0 Å². The topological polar surface area (TPSA) is 71.6 Å². The fourth-order valence-electron chi connectivity index (χ4n) is 2.63. The Morgan fingerprint density at radius 2 is 2.10 bits per heavy atom. The first-order valence-corrected chi connectivity index (χ1v) is 7.42. The van der Waals surface area contributed by atoms with E-state index < -0.39 is 0 Å². The summed E-state index contributed by atoms with van der Waals surface area (Å²) in [4.78, 5) is 2.39. The lowest BCUT2D eigenvalue weighted by Crippen LogP contribution is -2.45. The molecule has 2 unspecified atom stereocenters. The van der Waals surface area contributed by atoms with Crippen LogP contribution in [-0.2, 0) is 4.74 Å². The molecule has 21 heavy (non-hydrogen) atoms. The minimum atomic E-state index is 0.0783. The van der Waals surface area contributed by atoms with Gasteiger partial charge in [-0.25, -0.2) is 0 Å². The molecule has 0 radical (unpaired) electrons. The molecule has 116 valence electrons. The van der Waals surface area contributed by atoms with Crippen LogP contribution < -0.4 is 10.5 Å². The third-order valence-electron chi connectivity index (χ3n) is 4.12. The summed E-state index contributed by atoms with van der Waals surface area (Å²) >= 11 is 0. The highest BCUT2D eigenvalue weighted by atomic mass is 16.5. The van der Waals surface area contributed by atoms with Crippen molar-refractivity contribution >= 4 is 5.84 Å². The number of methoxy groups -OCH3 is 1. The SMILES string of the molecule is COC1CN(CCOc2ccc(C(=N)N)cc2)CCC1C. The van der Waals surface area contributed by atoms with Crippen molar-refractivity contribution in [2.45, 2.75) is 19.4 Å². The molecule has 0 aliphatic carbocycles. The number of likely N-dealkylation sites (tertiary alicyclic amines) is 1. The van der Waals surface area contributed by atoms with Crippen LogP contribution in [0.5, 0.6) is 5.75 Å². The van der Waals surface area contributed by atoms with Crippen LogP contribution in [0.3, 0.4) is 0 Å². The number of hydrogen-bond acceptors (Lipinski definition) is 4. The van der Waals surface area contributed by atoms with E-state index in [-0.39, 0.29) is 5.84 Å². The molecule has 3 N–H and O–H groups in total. The first kappa shape index (κ1) is 15.8. The Kier molecular flexibility index (Phi) is 5.59. The number of nitrogen functional groups attached to an aromatic ring is 1. The number of nitrogens with one attached hydrogen (secondary N) is 1. The number of benzene rings is 1. The average molecular weight is 291 g/mol. The Bertz CT molecular complexity index is 461. The molecule has 5 heteroatoms. The molecule has 1 saturated heterocycles. The van der Waals surface area contributed by atoms with Gasteiger partial charge in [0.15, 0.2) is 0 Å². The zero-order chi connectivity index (χ0) is 15.2. The number of amidine groups is 1. The Morgan fingerprint density at radius 3 is 2.71 bits per heavy atom. The number of ether oxygens (including phenoxy) is 2. The number of hydrogen-bond donors (Lipinski definition) is 2. The van der Waals surface area contributed by atoms with Gasteiger partial charge in [-0.2, -0.15) is 0 Å². The van der Waals surface area contributed by atoms with Crippen molar-refractivity contribution in [3.63, 3.8) is 0 Å². The van der Waals surface area contributed by atoms with Crippen LogP contribution in [0, 0.1) is 11.3 Å². The van der Waals surface area contributed by atoms with Gasteiger partial charge in [-0.05, 0) is 43.1 Å². The van der Waals surface area contributed by atoms with Crippen LogP contribution in [0.2, 0.25) is 0 Å². The second-order valence-corrected chi connectivity index (χ2v) is 5.63. The van der Waals surface area contributed by atoms with Gasteiger partial charge in [-0.15, -0.1) is 0 Å². The summed E-state index contributed by atoms with van der Waals surface area (Å²) in [5.41, 5.74) is 6.14. The molecule has 1 aliphatic heterocycles. The van der Waals surface area contributed by atoms with Gasteiger partial charge in [0.1, 0.15) is 18.2 Å². The van der Waals surface area contributed by atoms with E-state index in [1.165, 1.54) is 6.42 Å². The molecule has 1 aliphatic rings. The number of nitrogens with zero attached hydrogens (tertiary/aromatic N) is 1.